The Hall–Kier alpha value is -2.24. The molecule has 6 heteroatoms. The van der Waals surface area contributed by atoms with Gasteiger partial charge in [-0.25, -0.2) is 4.79 Å². The first-order valence-corrected chi connectivity index (χ1v) is 7.85. The van der Waals surface area contributed by atoms with E-state index in [0.29, 0.717) is 18.7 Å². The van der Waals surface area contributed by atoms with Crippen molar-refractivity contribution in [2.75, 3.05) is 25.5 Å². The number of benzene rings is 1. The highest BCUT2D eigenvalue weighted by Gasteiger charge is 2.29. The van der Waals surface area contributed by atoms with E-state index in [1.807, 2.05) is 39.0 Å². The van der Waals surface area contributed by atoms with Crippen LogP contribution >= 0.6 is 0 Å². The number of carbonyl (C=O) groups is 2. The van der Waals surface area contributed by atoms with E-state index in [9.17, 15) is 9.59 Å². The van der Waals surface area contributed by atoms with Gasteiger partial charge in [-0.2, -0.15) is 0 Å². The number of carbonyl (C=O) groups excluding carboxylic acids is 2. The number of ether oxygens (including phenoxy) is 1. The van der Waals surface area contributed by atoms with Crippen molar-refractivity contribution in [2.24, 2.45) is 0 Å². The maximum Gasteiger partial charge on any atom is 0.410 e. The molecule has 1 unspecified atom stereocenters. The van der Waals surface area contributed by atoms with Crippen LogP contribution in [-0.2, 0) is 4.74 Å². The van der Waals surface area contributed by atoms with Gasteiger partial charge in [-0.3, -0.25) is 4.79 Å². The SMILES string of the molecule is CNC(=O)c1cccc(NC2CCN(C(=O)OC(C)(C)C)C2)c1. The van der Waals surface area contributed by atoms with Gasteiger partial charge in [-0.05, 0) is 45.4 Å². The summed E-state index contributed by atoms with van der Waals surface area (Å²) in [5, 5.41) is 5.99. The molecule has 23 heavy (non-hydrogen) atoms. The lowest BCUT2D eigenvalue weighted by atomic mass is 10.1. The molecule has 1 aromatic carbocycles. The molecule has 0 aliphatic carbocycles. The van der Waals surface area contributed by atoms with Crippen LogP contribution in [0.2, 0.25) is 0 Å². The predicted molar refractivity (Wildman–Crippen MR) is 89.7 cm³/mol. The fraction of sp³-hybridized carbons (Fsp3) is 0.529. The van der Waals surface area contributed by atoms with Crippen LogP contribution in [0.5, 0.6) is 0 Å². The number of nitrogens with one attached hydrogen (secondary N) is 2. The van der Waals surface area contributed by atoms with Crippen molar-refractivity contribution >= 4 is 17.7 Å². The van der Waals surface area contributed by atoms with Crippen molar-refractivity contribution in [2.45, 2.75) is 38.8 Å². The third kappa shape index (κ3) is 4.87. The van der Waals surface area contributed by atoms with Gasteiger partial charge in [0, 0.05) is 37.4 Å². The van der Waals surface area contributed by atoms with E-state index in [1.54, 1.807) is 18.0 Å². The Balaban J connectivity index is 1.93. The molecule has 1 aromatic rings. The van der Waals surface area contributed by atoms with Crippen LogP contribution in [0.15, 0.2) is 24.3 Å². The zero-order valence-corrected chi connectivity index (χ0v) is 14.2. The topological polar surface area (TPSA) is 70.7 Å². The smallest absolute Gasteiger partial charge is 0.410 e. The molecule has 0 saturated carbocycles. The maximum absolute atomic E-state index is 12.1. The number of hydrogen-bond acceptors (Lipinski definition) is 4. The van der Waals surface area contributed by atoms with Gasteiger partial charge in [0.15, 0.2) is 0 Å². The van der Waals surface area contributed by atoms with Gasteiger partial charge in [0.1, 0.15) is 5.60 Å². The van der Waals surface area contributed by atoms with Gasteiger partial charge in [0.05, 0.1) is 0 Å². The van der Waals surface area contributed by atoms with Crippen molar-refractivity contribution in [1.82, 2.24) is 10.2 Å². The van der Waals surface area contributed by atoms with Crippen LogP contribution in [-0.4, -0.2) is 48.7 Å². The molecule has 0 radical (unpaired) electrons. The molecule has 0 spiro atoms. The molecule has 0 aromatic heterocycles. The van der Waals surface area contributed by atoms with Crippen LogP contribution < -0.4 is 10.6 Å². The minimum Gasteiger partial charge on any atom is -0.444 e. The molecule has 1 aliphatic rings. The summed E-state index contributed by atoms with van der Waals surface area (Å²) >= 11 is 0. The second-order valence-electron chi connectivity index (χ2n) is 6.72. The summed E-state index contributed by atoms with van der Waals surface area (Å²) in [6.45, 7) is 6.85. The predicted octanol–water partition coefficient (Wildman–Crippen LogP) is 2.47. The molecule has 126 valence electrons. The fourth-order valence-electron chi connectivity index (χ4n) is 2.50. The summed E-state index contributed by atoms with van der Waals surface area (Å²) in [5.74, 6) is -0.115. The van der Waals surface area contributed by atoms with Gasteiger partial charge in [-0.1, -0.05) is 6.07 Å². The van der Waals surface area contributed by atoms with Crippen molar-refractivity contribution in [3.8, 4) is 0 Å². The Labute approximate surface area is 137 Å². The first kappa shape index (κ1) is 17.1. The van der Waals surface area contributed by atoms with Crippen molar-refractivity contribution in [3.63, 3.8) is 0 Å². The standard InChI is InChI=1S/C17H25N3O3/c1-17(2,3)23-16(22)20-9-8-14(11-20)19-13-7-5-6-12(10-13)15(21)18-4/h5-7,10,14,19H,8-9,11H2,1-4H3,(H,18,21). The lowest BCUT2D eigenvalue weighted by Gasteiger charge is -2.24. The first-order chi connectivity index (χ1) is 10.8. The number of hydrogen-bond donors (Lipinski definition) is 2. The zero-order chi connectivity index (χ0) is 17.0. The summed E-state index contributed by atoms with van der Waals surface area (Å²) < 4.78 is 5.39. The van der Waals surface area contributed by atoms with Crippen LogP contribution in [0, 0.1) is 0 Å². The summed E-state index contributed by atoms with van der Waals surface area (Å²) in [4.78, 5) is 25.4. The molecule has 2 N–H and O–H groups in total. The molecular formula is C17H25N3O3. The third-order valence-electron chi connectivity index (χ3n) is 3.56. The highest BCUT2D eigenvalue weighted by atomic mass is 16.6. The number of anilines is 1. The van der Waals surface area contributed by atoms with Gasteiger partial charge >= 0.3 is 6.09 Å². The summed E-state index contributed by atoms with van der Waals surface area (Å²) in [6.07, 6.45) is 0.574. The van der Waals surface area contributed by atoms with E-state index < -0.39 is 5.60 Å². The van der Waals surface area contributed by atoms with Gasteiger partial charge in [0.25, 0.3) is 5.91 Å². The highest BCUT2D eigenvalue weighted by Crippen LogP contribution is 2.19. The second kappa shape index (κ2) is 6.89. The van der Waals surface area contributed by atoms with E-state index >= 15 is 0 Å². The van der Waals surface area contributed by atoms with E-state index in [1.165, 1.54) is 0 Å². The Morgan fingerprint density at radius 2 is 2.04 bits per heavy atom. The fourth-order valence-corrected chi connectivity index (χ4v) is 2.50. The van der Waals surface area contributed by atoms with Crippen LogP contribution in [0.25, 0.3) is 0 Å². The Kier molecular flexibility index (Phi) is 5.13. The van der Waals surface area contributed by atoms with Crippen molar-refractivity contribution in [1.29, 1.82) is 0 Å². The van der Waals surface area contributed by atoms with Crippen LogP contribution in [0.4, 0.5) is 10.5 Å². The normalized spacial score (nSPS) is 17.7. The number of amides is 2. The van der Waals surface area contributed by atoms with Crippen LogP contribution in [0.3, 0.4) is 0 Å². The minimum absolute atomic E-state index is 0.115. The summed E-state index contributed by atoms with van der Waals surface area (Å²) in [5.41, 5.74) is 1.01. The Morgan fingerprint density at radius 3 is 2.70 bits per heavy atom. The molecule has 1 heterocycles. The second-order valence-corrected chi connectivity index (χ2v) is 6.72. The molecule has 1 aliphatic heterocycles. The van der Waals surface area contributed by atoms with Crippen molar-refractivity contribution in [3.05, 3.63) is 29.8 Å². The quantitative estimate of drug-likeness (QED) is 0.898. The molecule has 2 amide bonds. The summed E-state index contributed by atoms with van der Waals surface area (Å²) in [7, 11) is 1.61. The molecule has 0 bridgehead atoms. The minimum atomic E-state index is -0.482. The average Bonchev–Trinajstić information content (AvgIpc) is 2.93. The number of nitrogens with zero attached hydrogens (tertiary/aromatic N) is 1. The number of rotatable bonds is 3. The first-order valence-electron chi connectivity index (χ1n) is 7.85. The molecule has 1 saturated heterocycles. The van der Waals surface area contributed by atoms with E-state index in [4.69, 9.17) is 4.74 Å². The van der Waals surface area contributed by atoms with E-state index in [-0.39, 0.29) is 18.0 Å². The van der Waals surface area contributed by atoms with Gasteiger partial charge in [0.2, 0.25) is 0 Å². The number of likely N-dealkylation sites (tertiary alicyclic amines) is 1. The zero-order valence-electron chi connectivity index (χ0n) is 14.2. The Bertz CT molecular complexity index is 581. The third-order valence-corrected chi connectivity index (χ3v) is 3.56. The largest absolute Gasteiger partial charge is 0.444 e. The van der Waals surface area contributed by atoms with Crippen molar-refractivity contribution < 1.29 is 14.3 Å². The van der Waals surface area contributed by atoms with E-state index in [2.05, 4.69) is 10.6 Å². The maximum atomic E-state index is 12.1. The molecule has 1 atom stereocenters. The van der Waals surface area contributed by atoms with Crippen LogP contribution in [0.1, 0.15) is 37.6 Å². The van der Waals surface area contributed by atoms with Gasteiger partial charge < -0.3 is 20.3 Å². The lowest BCUT2D eigenvalue weighted by Crippen LogP contribution is -2.36. The highest BCUT2D eigenvalue weighted by molar-refractivity contribution is 5.94. The molecular weight excluding hydrogens is 294 g/mol. The summed E-state index contributed by atoms with van der Waals surface area (Å²) in [6, 6.07) is 7.50. The van der Waals surface area contributed by atoms with Gasteiger partial charge in [-0.15, -0.1) is 0 Å². The molecule has 6 nitrogen and oxygen atoms in total. The average molecular weight is 319 g/mol. The molecule has 2 rings (SSSR count). The Morgan fingerprint density at radius 1 is 1.30 bits per heavy atom. The molecule has 1 fully saturated rings. The lowest BCUT2D eigenvalue weighted by molar-refractivity contribution is 0.0293. The monoisotopic (exact) mass is 319 g/mol. The van der Waals surface area contributed by atoms with E-state index in [0.717, 1.165) is 12.1 Å².